The van der Waals surface area contributed by atoms with E-state index in [1.807, 2.05) is 6.07 Å². The van der Waals surface area contributed by atoms with Crippen LogP contribution in [-0.4, -0.2) is 30.5 Å². The lowest BCUT2D eigenvalue weighted by Crippen LogP contribution is -2.24. The van der Waals surface area contributed by atoms with Crippen molar-refractivity contribution < 1.29 is 14.9 Å². The third-order valence-corrected chi connectivity index (χ3v) is 3.66. The lowest BCUT2D eigenvalue weighted by Gasteiger charge is -2.15. The quantitative estimate of drug-likeness (QED) is 0.649. The van der Waals surface area contributed by atoms with Crippen molar-refractivity contribution in [1.82, 2.24) is 5.32 Å². The van der Waals surface area contributed by atoms with Gasteiger partial charge in [0.05, 0.1) is 0 Å². The molecule has 1 aromatic carbocycles. The number of phenols is 2. The summed E-state index contributed by atoms with van der Waals surface area (Å²) < 4.78 is 5.12. The first-order valence-electron chi connectivity index (χ1n) is 6.36. The highest BCUT2D eigenvalue weighted by atomic mass is 16.5. The van der Waals surface area contributed by atoms with Crippen LogP contribution in [0.15, 0.2) is 18.2 Å². The zero-order chi connectivity index (χ0) is 13.0. The van der Waals surface area contributed by atoms with Crippen molar-refractivity contribution in [3.05, 3.63) is 23.8 Å². The van der Waals surface area contributed by atoms with Gasteiger partial charge in [-0.15, -0.1) is 0 Å². The van der Waals surface area contributed by atoms with Gasteiger partial charge in [-0.1, -0.05) is 6.07 Å². The second kappa shape index (κ2) is 5.59. The van der Waals surface area contributed by atoms with Gasteiger partial charge in [-0.05, 0) is 42.4 Å². The van der Waals surface area contributed by atoms with E-state index in [0.717, 1.165) is 25.1 Å². The largest absolute Gasteiger partial charge is 0.504 e. The molecule has 1 aliphatic carbocycles. The smallest absolute Gasteiger partial charge is 0.157 e. The van der Waals surface area contributed by atoms with Crippen LogP contribution in [0.5, 0.6) is 11.5 Å². The standard InChI is InChI=1S/C14H21NO3/c1-18-7-6-14(4-5-14)10-15-9-11-2-3-12(16)13(17)8-11/h2-3,8,15-17H,4-7,9-10H2,1H3. The lowest BCUT2D eigenvalue weighted by molar-refractivity contribution is 0.171. The summed E-state index contributed by atoms with van der Waals surface area (Å²) in [5, 5.41) is 22.0. The monoisotopic (exact) mass is 251 g/mol. The molecule has 0 spiro atoms. The molecule has 0 heterocycles. The van der Waals surface area contributed by atoms with Gasteiger partial charge < -0.3 is 20.3 Å². The SMILES string of the molecule is COCCC1(CNCc2ccc(O)c(O)c2)CC1. The molecule has 1 fully saturated rings. The number of methoxy groups -OCH3 is 1. The molecular weight excluding hydrogens is 230 g/mol. The summed E-state index contributed by atoms with van der Waals surface area (Å²) in [6.45, 7) is 2.52. The van der Waals surface area contributed by atoms with Gasteiger partial charge in [0.1, 0.15) is 0 Å². The van der Waals surface area contributed by atoms with Crippen LogP contribution in [0.1, 0.15) is 24.8 Å². The maximum Gasteiger partial charge on any atom is 0.157 e. The van der Waals surface area contributed by atoms with Gasteiger partial charge in [0.15, 0.2) is 11.5 Å². The number of phenolic OH excluding ortho intramolecular Hbond substituents is 2. The maximum atomic E-state index is 9.39. The third kappa shape index (κ3) is 3.37. The first-order chi connectivity index (χ1) is 8.65. The Bertz CT molecular complexity index is 402. The molecule has 4 heteroatoms. The minimum atomic E-state index is -0.0718. The molecule has 0 aliphatic heterocycles. The van der Waals surface area contributed by atoms with Crippen molar-refractivity contribution in [3.63, 3.8) is 0 Å². The van der Waals surface area contributed by atoms with Gasteiger partial charge in [0.2, 0.25) is 0 Å². The Labute approximate surface area is 108 Å². The Kier molecular flexibility index (Phi) is 4.09. The van der Waals surface area contributed by atoms with Crippen LogP contribution in [0.3, 0.4) is 0 Å². The predicted molar refractivity (Wildman–Crippen MR) is 69.6 cm³/mol. The molecular formula is C14H21NO3. The van der Waals surface area contributed by atoms with Crippen molar-refractivity contribution in [3.8, 4) is 11.5 Å². The summed E-state index contributed by atoms with van der Waals surface area (Å²) >= 11 is 0. The van der Waals surface area contributed by atoms with Crippen LogP contribution >= 0.6 is 0 Å². The summed E-state index contributed by atoms with van der Waals surface area (Å²) in [5.74, 6) is -0.132. The second-order valence-electron chi connectivity index (χ2n) is 5.17. The van der Waals surface area contributed by atoms with Crippen LogP contribution in [0.2, 0.25) is 0 Å². The van der Waals surface area contributed by atoms with Crippen molar-refractivity contribution >= 4 is 0 Å². The Morgan fingerprint density at radius 1 is 1.28 bits per heavy atom. The van der Waals surface area contributed by atoms with E-state index in [-0.39, 0.29) is 11.5 Å². The van der Waals surface area contributed by atoms with Gasteiger partial charge in [0, 0.05) is 26.8 Å². The minimum Gasteiger partial charge on any atom is -0.504 e. The molecule has 3 N–H and O–H groups in total. The van der Waals surface area contributed by atoms with E-state index in [4.69, 9.17) is 4.74 Å². The average molecular weight is 251 g/mol. The molecule has 0 aromatic heterocycles. The van der Waals surface area contributed by atoms with Crippen molar-refractivity contribution in [2.45, 2.75) is 25.8 Å². The topological polar surface area (TPSA) is 61.7 Å². The van der Waals surface area contributed by atoms with Crippen LogP contribution < -0.4 is 5.32 Å². The number of ether oxygens (including phenoxy) is 1. The van der Waals surface area contributed by atoms with Crippen molar-refractivity contribution in [1.29, 1.82) is 0 Å². The Hall–Kier alpha value is -1.26. The molecule has 100 valence electrons. The number of hydrogen-bond acceptors (Lipinski definition) is 4. The normalized spacial score (nSPS) is 16.7. The molecule has 4 nitrogen and oxygen atoms in total. The highest BCUT2D eigenvalue weighted by Gasteiger charge is 2.41. The molecule has 0 amide bonds. The predicted octanol–water partition coefficient (Wildman–Crippen LogP) is 2.00. The third-order valence-electron chi connectivity index (χ3n) is 3.66. The fourth-order valence-electron chi connectivity index (χ4n) is 2.16. The molecule has 0 radical (unpaired) electrons. The van der Waals surface area contributed by atoms with Gasteiger partial charge in [0.25, 0.3) is 0 Å². The van der Waals surface area contributed by atoms with E-state index in [0.29, 0.717) is 12.0 Å². The molecule has 2 rings (SSSR count). The fraction of sp³-hybridized carbons (Fsp3) is 0.571. The second-order valence-corrected chi connectivity index (χ2v) is 5.17. The molecule has 1 aliphatic rings. The number of aromatic hydroxyl groups is 2. The van der Waals surface area contributed by atoms with Gasteiger partial charge in [-0.2, -0.15) is 0 Å². The van der Waals surface area contributed by atoms with Crippen LogP contribution in [0.4, 0.5) is 0 Å². The minimum absolute atomic E-state index is 0.0604. The summed E-state index contributed by atoms with van der Waals surface area (Å²) in [6, 6.07) is 4.93. The van der Waals surface area contributed by atoms with E-state index in [1.165, 1.54) is 18.9 Å². The number of nitrogens with one attached hydrogen (secondary N) is 1. The molecule has 0 unspecified atom stereocenters. The molecule has 1 aromatic rings. The highest BCUT2D eigenvalue weighted by molar-refractivity contribution is 5.40. The first-order valence-corrected chi connectivity index (χ1v) is 6.36. The van der Waals surface area contributed by atoms with Crippen LogP contribution in [0.25, 0.3) is 0 Å². The van der Waals surface area contributed by atoms with Gasteiger partial charge in [-0.3, -0.25) is 0 Å². The average Bonchev–Trinajstić information content (AvgIpc) is 3.12. The summed E-state index contributed by atoms with van der Waals surface area (Å²) in [5.41, 5.74) is 1.41. The van der Waals surface area contributed by atoms with Gasteiger partial charge in [-0.25, -0.2) is 0 Å². The fourth-order valence-corrected chi connectivity index (χ4v) is 2.16. The zero-order valence-electron chi connectivity index (χ0n) is 10.8. The molecule has 0 bridgehead atoms. The van der Waals surface area contributed by atoms with Gasteiger partial charge >= 0.3 is 0 Å². The summed E-state index contributed by atoms with van der Waals surface area (Å²) in [6.07, 6.45) is 3.64. The van der Waals surface area contributed by atoms with Crippen LogP contribution in [-0.2, 0) is 11.3 Å². The molecule has 0 saturated heterocycles. The lowest BCUT2D eigenvalue weighted by atomic mass is 10.0. The van der Waals surface area contributed by atoms with Crippen molar-refractivity contribution in [2.75, 3.05) is 20.3 Å². The van der Waals surface area contributed by atoms with E-state index in [1.54, 1.807) is 13.2 Å². The molecule has 1 saturated carbocycles. The summed E-state index contributed by atoms with van der Waals surface area (Å²) in [7, 11) is 1.74. The Balaban J connectivity index is 1.76. The Morgan fingerprint density at radius 3 is 2.67 bits per heavy atom. The first kappa shape index (κ1) is 13.2. The van der Waals surface area contributed by atoms with Crippen LogP contribution in [0, 0.1) is 5.41 Å². The maximum absolute atomic E-state index is 9.39. The van der Waals surface area contributed by atoms with E-state index >= 15 is 0 Å². The Morgan fingerprint density at radius 2 is 2.06 bits per heavy atom. The van der Waals surface area contributed by atoms with E-state index in [9.17, 15) is 10.2 Å². The zero-order valence-corrected chi connectivity index (χ0v) is 10.8. The molecule has 0 atom stereocenters. The number of benzene rings is 1. The summed E-state index contributed by atoms with van der Waals surface area (Å²) in [4.78, 5) is 0. The highest BCUT2D eigenvalue weighted by Crippen LogP contribution is 2.48. The number of hydrogen-bond donors (Lipinski definition) is 3. The van der Waals surface area contributed by atoms with E-state index < -0.39 is 0 Å². The van der Waals surface area contributed by atoms with E-state index in [2.05, 4.69) is 5.32 Å². The number of rotatable bonds is 7. The van der Waals surface area contributed by atoms with Crippen molar-refractivity contribution in [2.24, 2.45) is 5.41 Å². The molecule has 18 heavy (non-hydrogen) atoms.